The van der Waals surface area contributed by atoms with Crippen molar-refractivity contribution in [3.05, 3.63) is 50.9 Å². The number of imide groups is 1. The van der Waals surface area contributed by atoms with E-state index < -0.39 is 12.0 Å². The first kappa shape index (κ1) is 20.1. The fourth-order valence-electron chi connectivity index (χ4n) is 3.34. The number of alkyl carbamates (subject to hydrolysis) is 1. The molecule has 0 unspecified atom stereocenters. The van der Waals surface area contributed by atoms with Crippen molar-refractivity contribution in [3.63, 3.8) is 0 Å². The smallest absolute Gasteiger partial charge is 0.413 e. The quantitative estimate of drug-likeness (QED) is 0.807. The molecule has 1 atom stereocenters. The largest absolute Gasteiger partial charge is 0.453 e. The minimum Gasteiger partial charge on any atom is -0.453 e. The van der Waals surface area contributed by atoms with Crippen LogP contribution in [0, 0.1) is 19.8 Å². The van der Waals surface area contributed by atoms with Crippen LogP contribution in [0.4, 0.5) is 9.80 Å². The molecule has 0 bridgehead atoms. The Hall–Kier alpha value is -2.67. The average Bonchev–Trinajstić information content (AvgIpc) is 3.00. The molecule has 0 aliphatic heterocycles. The number of aryl methyl sites for hydroxylation is 2. The molecular weight excluding hydrogens is 376 g/mol. The lowest BCUT2D eigenvalue weighted by Gasteiger charge is -2.18. The zero-order valence-corrected chi connectivity index (χ0v) is 17.3. The van der Waals surface area contributed by atoms with Crippen molar-refractivity contribution in [1.82, 2.24) is 5.32 Å². The second kappa shape index (κ2) is 8.14. The van der Waals surface area contributed by atoms with Gasteiger partial charge in [-0.25, -0.2) is 4.79 Å². The topological polar surface area (TPSA) is 84.5 Å². The SMILES string of the molecule is COC(=O)NC(=O)c1c(NC(=O)c2ccc(C)c(C)c2)sc2c1CC[C@H](C)C2. The van der Waals surface area contributed by atoms with Gasteiger partial charge in [-0.3, -0.25) is 14.9 Å². The summed E-state index contributed by atoms with van der Waals surface area (Å²) in [6, 6.07) is 5.49. The monoisotopic (exact) mass is 400 g/mol. The maximum absolute atomic E-state index is 12.8. The van der Waals surface area contributed by atoms with Gasteiger partial charge in [0.2, 0.25) is 0 Å². The van der Waals surface area contributed by atoms with Crippen molar-refractivity contribution in [2.45, 2.75) is 40.0 Å². The molecule has 0 spiro atoms. The van der Waals surface area contributed by atoms with E-state index in [1.54, 1.807) is 6.07 Å². The van der Waals surface area contributed by atoms with Gasteiger partial charge in [-0.15, -0.1) is 11.3 Å². The van der Waals surface area contributed by atoms with Gasteiger partial charge in [0.1, 0.15) is 5.00 Å². The highest BCUT2D eigenvalue weighted by Gasteiger charge is 2.29. The molecule has 2 aromatic rings. The van der Waals surface area contributed by atoms with Crippen LogP contribution in [0.3, 0.4) is 0 Å². The van der Waals surface area contributed by atoms with E-state index in [0.717, 1.165) is 40.8 Å². The highest BCUT2D eigenvalue weighted by Crippen LogP contribution is 2.39. The number of amides is 3. The molecule has 1 aromatic heterocycles. The molecular formula is C21H24N2O4S. The fraction of sp³-hybridized carbons (Fsp3) is 0.381. The van der Waals surface area contributed by atoms with E-state index in [9.17, 15) is 14.4 Å². The van der Waals surface area contributed by atoms with E-state index in [0.29, 0.717) is 22.0 Å². The average molecular weight is 401 g/mol. The predicted octanol–water partition coefficient (Wildman–Crippen LogP) is 4.24. The number of anilines is 1. The Kier molecular flexibility index (Phi) is 5.84. The summed E-state index contributed by atoms with van der Waals surface area (Å²) in [4.78, 5) is 38.1. The molecule has 3 amide bonds. The third-order valence-corrected chi connectivity index (χ3v) is 6.31. The van der Waals surface area contributed by atoms with E-state index in [2.05, 4.69) is 22.3 Å². The zero-order chi connectivity index (χ0) is 20.4. The Bertz CT molecular complexity index is 948. The summed E-state index contributed by atoms with van der Waals surface area (Å²) >= 11 is 1.41. The molecule has 0 saturated carbocycles. The Morgan fingerprint density at radius 1 is 1.14 bits per heavy atom. The summed E-state index contributed by atoms with van der Waals surface area (Å²) in [5.74, 6) is -0.304. The van der Waals surface area contributed by atoms with E-state index in [4.69, 9.17) is 0 Å². The summed E-state index contributed by atoms with van der Waals surface area (Å²) in [5.41, 5.74) is 3.95. The Labute approximate surface area is 168 Å². The summed E-state index contributed by atoms with van der Waals surface area (Å²) in [6.45, 7) is 6.11. The number of methoxy groups -OCH3 is 1. The Morgan fingerprint density at radius 3 is 2.57 bits per heavy atom. The first-order chi connectivity index (χ1) is 13.3. The number of ether oxygens (including phenoxy) is 1. The first-order valence-corrected chi connectivity index (χ1v) is 10.0. The van der Waals surface area contributed by atoms with Crippen molar-refractivity contribution in [3.8, 4) is 0 Å². The summed E-state index contributed by atoms with van der Waals surface area (Å²) in [6.07, 6.45) is 1.75. The minimum atomic E-state index is -0.819. The summed E-state index contributed by atoms with van der Waals surface area (Å²) < 4.78 is 4.54. The third kappa shape index (κ3) is 4.09. The lowest BCUT2D eigenvalue weighted by atomic mass is 9.88. The molecule has 0 fully saturated rings. The second-order valence-electron chi connectivity index (χ2n) is 7.25. The molecule has 1 aromatic carbocycles. The Balaban J connectivity index is 1.95. The van der Waals surface area contributed by atoms with Gasteiger partial charge in [0.25, 0.3) is 11.8 Å². The number of carbonyl (C=O) groups is 3. The molecule has 1 heterocycles. The number of fused-ring (bicyclic) bond motifs is 1. The second-order valence-corrected chi connectivity index (χ2v) is 8.36. The van der Waals surface area contributed by atoms with Gasteiger partial charge < -0.3 is 10.1 Å². The standard InChI is InChI=1S/C21H24N2O4S/c1-11-5-8-15-16(9-11)28-20(17(15)19(25)23-21(26)27-4)22-18(24)14-7-6-12(2)13(3)10-14/h6-7,10-11H,5,8-9H2,1-4H3,(H,22,24)(H,23,25,26)/t11-/m0/s1. The van der Waals surface area contributed by atoms with Crippen LogP contribution in [0.25, 0.3) is 0 Å². The van der Waals surface area contributed by atoms with Crippen LogP contribution in [0.2, 0.25) is 0 Å². The molecule has 28 heavy (non-hydrogen) atoms. The maximum atomic E-state index is 12.8. The van der Waals surface area contributed by atoms with Crippen LogP contribution < -0.4 is 10.6 Å². The van der Waals surface area contributed by atoms with E-state index >= 15 is 0 Å². The molecule has 3 rings (SSSR count). The van der Waals surface area contributed by atoms with Gasteiger partial charge in [-0.05, 0) is 67.9 Å². The number of rotatable bonds is 3. The first-order valence-electron chi connectivity index (χ1n) is 9.22. The van der Waals surface area contributed by atoms with Crippen LogP contribution in [0.5, 0.6) is 0 Å². The highest BCUT2D eigenvalue weighted by atomic mass is 32.1. The van der Waals surface area contributed by atoms with Crippen LogP contribution >= 0.6 is 11.3 Å². The van der Waals surface area contributed by atoms with Gasteiger partial charge in [-0.1, -0.05) is 13.0 Å². The number of nitrogens with one attached hydrogen (secondary N) is 2. The molecule has 1 aliphatic rings. The fourth-order valence-corrected chi connectivity index (χ4v) is 4.75. The minimum absolute atomic E-state index is 0.276. The van der Waals surface area contributed by atoms with Crippen LogP contribution in [-0.2, 0) is 17.6 Å². The van der Waals surface area contributed by atoms with Crippen LogP contribution in [-0.4, -0.2) is 25.0 Å². The van der Waals surface area contributed by atoms with Gasteiger partial charge >= 0.3 is 6.09 Å². The molecule has 7 heteroatoms. The molecule has 2 N–H and O–H groups in total. The molecule has 0 radical (unpaired) electrons. The predicted molar refractivity (Wildman–Crippen MR) is 109 cm³/mol. The van der Waals surface area contributed by atoms with Gasteiger partial charge in [0.05, 0.1) is 12.7 Å². The number of hydrogen-bond donors (Lipinski definition) is 2. The van der Waals surface area contributed by atoms with E-state index in [-0.39, 0.29) is 5.91 Å². The highest BCUT2D eigenvalue weighted by molar-refractivity contribution is 7.17. The van der Waals surface area contributed by atoms with Crippen molar-refractivity contribution in [1.29, 1.82) is 0 Å². The van der Waals surface area contributed by atoms with Crippen molar-refractivity contribution in [2.24, 2.45) is 5.92 Å². The molecule has 148 valence electrons. The van der Waals surface area contributed by atoms with E-state index in [1.807, 2.05) is 26.0 Å². The normalized spacial score (nSPS) is 15.5. The lowest BCUT2D eigenvalue weighted by molar-refractivity contribution is 0.0937. The summed E-state index contributed by atoms with van der Waals surface area (Å²) in [5, 5.41) is 5.58. The molecule has 0 saturated heterocycles. The van der Waals surface area contributed by atoms with Gasteiger partial charge in [-0.2, -0.15) is 0 Å². The Morgan fingerprint density at radius 2 is 1.89 bits per heavy atom. The van der Waals surface area contributed by atoms with Gasteiger partial charge in [0.15, 0.2) is 0 Å². The molecule has 6 nitrogen and oxygen atoms in total. The maximum Gasteiger partial charge on any atom is 0.413 e. The van der Waals surface area contributed by atoms with Crippen LogP contribution in [0.15, 0.2) is 18.2 Å². The van der Waals surface area contributed by atoms with Crippen molar-refractivity contribution >= 4 is 34.2 Å². The number of thiophene rings is 1. The van der Waals surface area contributed by atoms with Crippen molar-refractivity contribution in [2.75, 3.05) is 12.4 Å². The van der Waals surface area contributed by atoms with Crippen LogP contribution in [0.1, 0.15) is 55.6 Å². The van der Waals surface area contributed by atoms with E-state index in [1.165, 1.54) is 18.4 Å². The summed E-state index contributed by atoms with van der Waals surface area (Å²) in [7, 11) is 1.20. The number of hydrogen-bond acceptors (Lipinski definition) is 5. The van der Waals surface area contributed by atoms with Crippen molar-refractivity contribution < 1.29 is 19.1 Å². The number of carbonyl (C=O) groups excluding carboxylic acids is 3. The zero-order valence-electron chi connectivity index (χ0n) is 16.5. The molecule has 1 aliphatic carbocycles. The lowest BCUT2D eigenvalue weighted by Crippen LogP contribution is -2.31. The third-order valence-electron chi connectivity index (χ3n) is 5.14. The number of benzene rings is 1. The van der Waals surface area contributed by atoms with Gasteiger partial charge in [0, 0.05) is 10.4 Å².